The minimum absolute atomic E-state index is 0.112. The lowest BCUT2D eigenvalue weighted by Crippen LogP contribution is -2.29. The Labute approximate surface area is 147 Å². The number of methoxy groups -OCH3 is 2. The first kappa shape index (κ1) is 18.1. The number of rotatable bonds is 5. The molecule has 0 saturated heterocycles. The summed E-state index contributed by atoms with van der Waals surface area (Å²) in [6.45, 7) is 3.86. The maximum Gasteiger partial charge on any atom is 0.254 e. The number of amides is 1. The molecule has 0 saturated carbocycles. The van der Waals surface area contributed by atoms with E-state index in [4.69, 9.17) is 21.1 Å². The summed E-state index contributed by atoms with van der Waals surface area (Å²) in [7, 11) is 4.93. The van der Waals surface area contributed by atoms with Crippen LogP contribution < -0.4 is 9.47 Å². The van der Waals surface area contributed by atoms with Crippen LogP contribution in [0.2, 0.25) is 5.02 Å². The first-order chi connectivity index (χ1) is 11.4. The molecule has 0 bridgehead atoms. The Morgan fingerprint density at radius 3 is 2.21 bits per heavy atom. The Morgan fingerprint density at radius 1 is 1.12 bits per heavy atom. The topological polar surface area (TPSA) is 38.8 Å². The fourth-order valence-corrected chi connectivity index (χ4v) is 2.78. The predicted octanol–water partition coefficient (Wildman–Crippen LogP) is 4.50. The lowest BCUT2D eigenvalue weighted by Gasteiger charge is -2.26. The predicted molar refractivity (Wildman–Crippen MR) is 96.2 cm³/mol. The molecule has 2 aromatic carbocycles. The number of benzene rings is 2. The first-order valence-corrected chi connectivity index (χ1v) is 8.02. The Kier molecular flexibility index (Phi) is 5.73. The van der Waals surface area contributed by atoms with Crippen molar-refractivity contribution in [3.63, 3.8) is 0 Å². The fraction of sp³-hybridized carbons (Fsp3) is 0.316. The number of nitrogens with zero attached hydrogens (tertiary/aromatic N) is 1. The number of carbonyl (C=O) groups is 1. The van der Waals surface area contributed by atoms with Gasteiger partial charge in [-0.1, -0.05) is 23.7 Å². The summed E-state index contributed by atoms with van der Waals surface area (Å²) < 4.78 is 10.7. The second-order valence-electron chi connectivity index (χ2n) is 5.65. The van der Waals surface area contributed by atoms with E-state index >= 15 is 0 Å². The van der Waals surface area contributed by atoms with Gasteiger partial charge in [0.2, 0.25) is 0 Å². The van der Waals surface area contributed by atoms with E-state index in [0.717, 1.165) is 11.1 Å². The first-order valence-electron chi connectivity index (χ1n) is 7.64. The van der Waals surface area contributed by atoms with Crippen molar-refractivity contribution in [2.24, 2.45) is 0 Å². The fourth-order valence-electron chi connectivity index (χ4n) is 2.58. The molecule has 0 fully saturated rings. The van der Waals surface area contributed by atoms with Crippen molar-refractivity contribution in [2.45, 2.75) is 19.9 Å². The Morgan fingerprint density at radius 2 is 1.71 bits per heavy atom. The van der Waals surface area contributed by atoms with Crippen molar-refractivity contribution in [1.82, 2.24) is 4.90 Å². The molecule has 0 aromatic heterocycles. The molecule has 0 radical (unpaired) electrons. The molecule has 0 spiro atoms. The van der Waals surface area contributed by atoms with Gasteiger partial charge in [-0.3, -0.25) is 4.79 Å². The van der Waals surface area contributed by atoms with E-state index in [1.54, 1.807) is 38.3 Å². The SMILES string of the molecule is COc1cc(C(=O)N(C)C(C)c2cccc(Cl)c2)cc(OC)c1C. The lowest BCUT2D eigenvalue weighted by molar-refractivity contribution is 0.0742. The molecule has 0 N–H and O–H groups in total. The van der Waals surface area contributed by atoms with Gasteiger partial charge in [0.25, 0.3) is 5.91 Å². The van der Waals surface area contributed by atoms with Crippen molar-refractivity contribution in [2.75, 3.05) is 21.3 Å². The van der Waals surface area contributed by atoms with Crippen molar-refractivity contribution >= 4 is 17.5 Å². The number of hydrogen-bond donors (Lipinski definition) is 0. The zero-order chi connectivity index (χ0) is 17.9. The van der Waals surface area contributed by atoms with Crippen LogP contribution in [0.15, 0.2) is 36.4 Å². The molecule has 24 heavy (non-hydrogen) atoms. The zero-order valence-corrected chi connectivity index (χ0v) is 15.3. The third kappa shape index (κ3) is 3.65. The van der Waals surface area contributed by atoms with E-state index in [1.807, 2.05) is 38.1 Å². The van der Waals surface area contributed by atoms with Gasteiger partial charge in [0.05, 0.1) is 20.3 Å². The average molecular weight is 348 g/mol. The van der Waals surface area contributed by atoms with Crippen molar-refractivity contribution in [3.8, 4) is 11.5 Å². The Hall–Kier alpha value is -2.20. The maximum atomic E-state index is 12.9. The third-order valence-corrected chi connectivity index (χ3v) is 4.47. The zero-order valence-electron chi connectivity index (χ0n) is 14.6. The second kappa shape index (κ2) is 7.58. The van der Waals surface area contributed by atoms with Crippen LogP contribution in [0.25, 0.3) is 0 Å². The minimum atomic E-state index is -0.116. The van der Waals surface area contributed by atoms with Crippen LogP contribution in [0.3, 0.4) is 0 Å². The van der Waals surface area contributed by atoms with E-state index in [-0.39, 0.29) is 11.9 Å². The summed E-state index contributed by atoms with van der Waals surface area (Å²) >= 11 is 6.05. The molecule has 2 rings (SSSR count). The number of carbonyl (C=O) groups excluding carboxylic acids is 1. The van der Waals surface area contributed by atoms with Gasteiger partial charge in [0.1, 0.15) is 11.5 Å². The van der Waals surface area contributed by atoms with Crippen LogP contribution >= 0.6 is 11.6 Å². The Bertz CT molecular complexity index is 720. The van der Waals surface area contributed by atoms with Crippen LogP contribution in [-0.4, -0.2) is 32.1 Å². The summed E-state index contributed by atoms with van der Waals surface area (Å²) in [5.74, 6) is 1.14. The molecule has 2 aromatic rings. The van der Waals surface area contributed by atoms with E-state index in [9.17, 15) is 4.79 Å². The molecule has 1 amide bonds. The van der Waals surface area contributed by atoms with Crippen LogP contribution in [0.1, 0.15) is 34.5 Å². The third-order valence-electron chi connectivity index (χ3n) is 4.23. The van der Waals surface area contributed by atoms with Gasteiger partial charge in [0, 0.05) is 23.2 Å². The maximum absolute atomic E-state index is 12.9. The van der Waals surface area contributed by atoms with Gasteiger partial charge in [-0.25, -0.2) is 0 Å². The quantitative estimate of drug-likeness (QED) is 0.799. The summed E-state index contributed by atoms with van der Waals surface area (Å²) in [4.78, 5) is 14.5. The minimum Gasteiger partial charge on any atom is -0.496 e. The van der Waals surface area contributed by atoms with E-state index in [2.05, 4.69) is 0 Å². The van der Waals surface area contributed by atoms with E-state index in [1.165, 1.54) is 0 Å². The van der Waals surface area contributed by atoms with Gasteiger partial charge in [-0.2, -0.15) is 0 Å². The molecule has 0 aliphatic rings. The summed E-state index contributed by atoms with van der Waals surface area (Å²) in [6.07, 6.45) is 0. The summed E-state index contributed by atoms with van der Waals surface area (Å²) in [5.41, 5.74) is 2.36. The van der Waals surface area contributed by atoms with Gasteiger partial charge < -0.3 is 14.4 Å². The number of hydrogen-bond acceptors (Lipinski definition) is 3. The molecule has 0 aliphatic carbocycles. The van der Waals surface area contributed by atoms with Crippen molar-refractivity contribution in [1.29, 1.82) is 0 Å². The van der Waals surface area contributed by atoms with Crippen molar-refractivity contribution < 1.29 is 14.3 Å². The Balaban J connectivity index is 2.33. The van der Waals surface area contributed by atoms with E-state index < -0.39 is 0 Å². The van der Waals surface area contributed by atoms with Crippen LogP contribution in [0.5, 0.6) is 11.5 Å². The smallest absolute Gasteiger partial charge is 0.254 e. The molecule has 0 heterocycles. The number of ether oxygens (including phenoxy) is 2. The van der Waals surface area contributed by atoms with Gasteiger partial charge in [-0.15, -0.1) is 0 Å². The number of halogens is 1. The standard InChI is InChI=1S/C19H22ClNO3/c1-12-17(23-4)10-15(11-18(12)24-5)19(22)21(3)13(2)14-7-6-8-16(20)9-14/h6-11,13H,1-5H3. The van der Waals surface area contributed by atoms with Gasteiger partial charge >= 0.3 is 0 Å². The van der Waals surface area contributed by atoms with Crippen LogP contribution in [0, 0.1) is 6.92 Å². The van der Waals surface area contributed by atoms with Gasteiger partial charge in [-0.05, 0) is 43.7 Å². The molecule has 0 aliphatic heterocycles. The average Bonchev–Trinajstić information content (AvgIpc) is 2.60. The second-order valence-corrected chi connectivity index (χ2v) is 6.09. The van der Waals surface area contributed by atoms with Crippen molar-refractivity contribution in [3.05, 3.63) is 58.1 Å². The molecule has 5 heteroatoms. The molecular formula is C19H22ClNO3. The van der Waals surface area contributed by atoms with Gasteiger partial charge in [0.15, 0.2) is 0 Å². The molecule has 1 unspecified atom stereocenters. The molecule has 1 atom stereocenters. The largest absolute Gasteiger partial charge is 0.496 e. The van der Waals surface area contributed by atoms with Crippen LogP contribution in [0.4, 0.5) is 0 Å². The highest BCUT2D eigenvalue weighted by atomic mass is 35.5. The normalized spacial score (nSPS) is 11.8. The highest BCUT2D eigenvalue weighted by Crippen LogP contribution is 2.31. The highest BCUT2D eigenvalue weighted by molar-refractivity contribution is 6.30. The molecule has 4 nitrogen and oxygen atoms in total. The molecular weight excluding hydrogens is 326 g/mol. The molecule has 128 valence electrons. The van der Waals surface area contributed by atoms with E-state index in [0.29, 0.717) is 22.1 Å². The highest BCUT2D eigenvalue weighted by Gasteiger charge is 2.21. The van der Waals surface area contributed by atoms with Crippen LogP contribution in [-0.2, 0) is 0 Å². The summed E-state index contributed by atoms with van der Waals surface area (Å²) in [5, 5.41) is 0.652. The lowest BCUT2D eigenvalue weighted by atomic mass is 10.0. The summed E-state index contributed by atoms with van der Waals surface area (Å²) in [6, 6.07) is 10.9. The monoisotopic (exact) mass is 347 g/mol.